The van der Waals surface area contributed by atoms with Gasteiger partial charge in [-0.25, -0.2) is 19.5 Å². The van der Waals surface area contributed by atoms with Gasteiger partial charge in [0.05, 0.1) is 33.7 Å². The van der Waals surface area contributed by atoms with E-state index in [9.17, 15) is 0 Å². The van der Waals surface area contributed by atoms with Crippen LogP contribution in [0.5, 0.6) is 0 Å². The lowest BCUT2D eigenvalue weighted by Gasteiger charge is -2.26. The second kappa shape index (κ2) is 19.2. The molecule has 0 amide bonds. The summed E-state index contributed by atoms with van der Waals surface area (Å²) in [6, 6.07) is 75.1. The third-order valence-corrected chi connectivity index (χ3v) is 13.3. The summed E-state index contributed by atoms with van der Waals surface area (Å²) in [6.07, 6.45) is 14.7. The number of hydrogen-bond donors (Lipinski definition) is 1. The number of nitrogens with two attached hydrogens (primary N) is 1. The third-order valence-electron chi connectivity index (χ3n) is 12.9. The zero-order valence-electron chi connectivity index (χ0n) is 38.8. The van der Waals surface area contributed by atoms with Crippen molar-refractivity contribution in [3.63, 3.8) is 0 Å². The van der Waals surface area contributed by atoms with E-state index in [1.54, 1.807) is 0 Å². The molecule has 13 aromatic rings. The number of allylic oxidation sites excluding steroid dienone is 2. The molecule has 8 nitrogen and oxygen atoms in total. The van der Waals surface area contributed by atoms with E-state index in [-0.39, 0.29) is 0 Å². The van der Waals surface area contributed by atoms with E-state index in [0.717, 1.165) is 78.0 Å². The molecular formula is C63H44BrN8+. The molecule has 14 rings (SSSR count). The summed E-state index contributed by atoms with van der Waals surface area (Å²) in [7, 11) is 0. The molecule has 0 saturated heterocycles. The van der Waals surface area contributed by atoms with E-state index in [1.165, 1.54) is 32.5 Å². The van der Waals surface area contributed by atoms with Crippen molar-refractivity contribution >= 4 is 105 Å². The highest BCUT2D eigenvalue weighted by molar-refractivity contribution is 9.10. The van der Waals surface area contributed by atoms with Crippen LogP contribution < -0.4 is 10.6 Å². The Morgan fingerprint density at radius 1 is 0.403 bits per heavy atom. The van der Waals surface area contributed by atoms with E-state index in [4.69, 9.17) is 15.7 Å². The molecule has 342 valence electrons. The highest BCUT2D eigenvalue weighted by Crippen LogP contribution is 2.42. The van der Waals surface area contributed by atoms with Gasteiger partial charge in [0.15, 0.2) is 5.69 Å². The molecule has 0 bridgehead atoms. The fraction of sp³-hybridized carbons (Fsp3) is 0. The van der Waals surface area contributed by atoms with Crippen molar-refractivity contribution in [3.8, 4) is 17.5 Å². The van der Waals surface area contributed by atoms with Crippen molar-refractivity contribution in [2.24, 2.45) is 0 Å². The molecule has 7 aromatic carbocycles. The first-order valence-electron chi connectivity index (χ1n) is 23.7. The van der Waals surface area contributed by atoms with Gasteiger partial charge in [0, 0.05) is 78.8 Å². The Balaban J connectivity index is 0.000000160. The maximum atomic E-state index is 5.36. The molecule has 9 heteroatoms. The predicted octanol–water partition coefficient (Wildman–Crippen LogP) is 16.0. The monoisotopic (exact) mass is 991 g/mol. The van der Waals surface area contributed by atoms with Crippen LogP contribution >= 0.6 is 15.9 Å². The van der Waals surface area contributed by atoms with Crippen molar-refractivity contribution < 1.29 is 0 Å². The van der Waals surface area contributed by atoms with Gasteiger partial charge in [-0.05, 0) is 115 Å². The molecule has 1 aliphatic rings. The molecule has 6 heterocycles. The summed E-state index contributed by atoms with van der Waals surface area (Å²) < 4.78 is 7.76. The van der Waals surface area contributed by atoms with Crippen LogP contribution in [0.1, 0.15) is 11.3 Å². The number of para-hydroxylation sites is 4. The van der Waals surface area contributed by atoms with Crippen molar-refractivity contribution in [2.45, 2.75) is 0 Å². The summed E-state index contributed by atoms with van der Waals surface area (Å²) in [5, 5.41) is 6.02. The summed E-state index contributed by atoms with van der Waals surface area (Å²) >= 11 is 3.55. The van der Waals surface area contributed by atoms with Gasteiger partial charge in [0.25, 0.3) is 0 Å². The van der Waals surface area contributed by atoms with Crippen LogP contribution in [0.2, 0.25) is 0 Å². The molecule has 2 N–H and O–H groups in total. The summed E-state index contributed by atoms with van der Waals surface area (Å²) in [5.74, 6) is 2.71. The number of halogens is 1. The predicted molar refractivity (Wildman–Crippen MR) is 302 cm³/mol. The van der Waals surface area contributed by atoms with E-state index in [2.05, 4.69) is 197 Å². The summed E-state index contributed by atoms with van der Waals surface area (Å²) in [6.45, 7) is 0. The Bertz CT molecular complexity index is 3950. The topological polar surface area (TPSA) is 82.7 Å². The number of rotatable bonds is 6. The zero-order chi connectivity index (χ0) is 48.4. The largest absolute Gasteiger partial charge is 0.399 e. The van der Waals surface area contributed by atoms with Crippen molar-refractivity contribution in [1.82, 2.24) is 28.7 Å². The number of fused-ring (bicyclic) bond motifs is 9. The average Bonchev–Trinajstić information content (AvgIpc) is 4.07. The smallest absolute Gasteiger partial charge is 0.168 e. The number of aromatic nitrogens is 6. The van der Waals surface area contributed by atoms with Crippen LogP contribution in [0, 0.1) is 6.08 Å². The highest BCUT2D eigenvalue weighted by Gasteiger charge is 2.24. The minimum Gasteiger partial charge on any atom is -0.399 e. The van der Waals surface area contributed by atoms with E-state index in [1.807, 2.05) is 104 Å². The normalized spacial score (nSPS) is 11.5. The van der Waals surface area contributed by atoms with Gasteiger partial charge >= 0.3 is 0 Å². The molecule has 0 fully saturated rings. The molecule has 0 spiro atoms. The second-order valence-corrected chi connectivity index (χ2v) is 18.1. The van der Waals surface area contributed by atoms with Crippen LogP contribution in [0.4, 0.5) is 22.7 Å². The fourth-order valence-electron chi connectivity index (χ4n) is 9.75. The Hall–Kier alpha value is -9.40. The minimum atomic E-state index is 0.822. The first kappa shape index (κ1) is 43.9. The molecule has 0 atom stereocenters. The maximum absolute atomic E-state index is 5.36. The third kappa shape index (κ3) is 8.14. The molecule has 1 aliphatic carbocycles. The van der Waals surface area contributed by atoms with Gasteiger partial charge in [-0.1, -0.05) is 119 Å². The Labute approximate surface area is 424 Å². The standard InChI is InChI=1S/C40H27N5.C17H10BrN2.C6H7N/c1-2-12-28(13-3-1)43(29-20-22-33-31-14-4-6-16-35(31)44(37(33)26-29)39-18-8-10-24-41-39)30-21-23-34-32-15-5-7-17-36(32)45(38(34)27-30)40-19-9-11-25-42-40;18-12-8-9-14-13-5-1-2-6-15(13)20(16(14)11-12)17-7-3-4-10-19-17;7-6-4-2-1-3-5-6/h1-27H;1,3-11H;1-5H,7H2/q;+1;. The molecule has 0 unspecified atom stereocenters. The van der Waals surface area contributed by atoms with Crippen molar-refractivity contribution in [2.75, 3.05) is 10.6 Å². The number of nitrogens with zero attached hydrogens (tertiary/aromatic N) is 7. The van der Waals surface area contributed by atoms with Gasteiger partial charge in [-0.3, -0.25) is 9.13 Å². The number of nitrogen functional groups attached to an aromatic ring is 1. The van der Waals surface area contributed by atoms with Crippen LogP contribution in [-0.4, -0.2) is 28.7 Å². The van der Waals surface area contributed by atoms with E-state index < -0.39 is 0 Å². The molecule has 6 aromatic heterocycles. The Morgan fingerprint density at radius 3 is 1.38 bits per heavy atom. The molecule has 72 heavy (non-hydrogen) atoms. The fourth-order valence-corrected chi connectivity index (χ4v) is 10.1. The van der Waals surface area contributed by atoms with Crippen molar-refractivity contribution in [1.29, 1.82) is 0 Å². The molecule has 0 radical (unpaired) electrons. The lowest BCUT2D eigenvalue weighted by molar-refractivity contribution is 1.03. The first-order valence-corrected chi connectivity index (χ1v) is 24.4. The quantitative estimate of drug-likeness (QED) is 0.133. The average molecular weight is 993 g/mol. The summed E-state index contributed by atoms with van der Waals surface area (Å²) in [4.78, 5) is 16.3. The van der Waals surface area contributed by atoms with Crippen molar-refractivity contribution in [3.05, 3.63) is 265 Å². The second-order valence-electron chi connectivity index (χ2n) is 17.2. The van der Waals surface area contributed by atoms with E-state index in [0.29, 0.717) is 0 Å². The SMILES string of the molecule is Brc1ccc2c3c(n(-c4ccccn4)c2c1)C=[C+]C=C3.Nc1ccccc1.c1ccc(N(c2ccc3c4ccccc4n(-c4ccccn4)c3c2)c2ccc3c4ccccc4n(-c4ccccn4)c3c2)cc1. The van der Waals surface area contributed by atoms with E-state index >= 15 is 0 Å². The van der Waals surface area contributed by atoms with Crippen LogP contribution in [0.15, 0.2) is 248 Å². The lowest BCUT2D eigenvalue weighted by atomic mass is 10.1. The molecule has 0 aliphatic heterocycles. The van der Waals surface area contributed by atoms with Gasteiger partial charge in [0.2, 0.25) is 0 Å². The molecule has 0 saturated carbocycles. The minimum absolute atomic E-state index is 0.822. The number of benzene rings is 7. The van der Waals surface area contributed by atoms with Crippen LogP contribution in [-0.2, 0) is 0 Å². The first-order chi connectivity index (χ1) is 35.6. The Kier molecular flexibility index (Phi) is 11.7. The number of pyridine rings is 3. The lowest BCUT2D eigenvalue weighted by Crippen LogP contribution is -2.10. The van der Waals surface area contributed by atoms with Gasteiger partial charge in [-0.15, -0.1) is 0 Å². The number of hydrogen-bond acceptors (Lipinski definition) is 5. The number of anilines is 4. The summed E-state index contributed by atoms with van der Waals surface area (Å²) in [5.41, 5.74) is 17.4. The molecular weight excluding hydrogens is 949 g/mol. The van der Waals surface area contributed by atoms with Gasteiger partial charge in [0.1, 0.15) is 35.2 Å². The van der Waals surface area contributed by atoms with Crippen LogP contribution in [0.3, 0.4) is 0 Å². The zero-order valence-corrected chi connectivity index (χ0v) is 40.4. The van der Waals surface area contributed by atoms with Gasteiger partial charge in [-0.2, -0.15) is 0 Å². The van der Waals surface area contributed by atoms with Crippen LogP contribution in [0.25, 0.3) is 84.1 Å². The highest BCUT2D eigenvalue weighted by atomic mass is 79.9. The van der Waals surface area contributed by atoms with Gasteiger partial charge < -0.3 is 10.6 Å². The maximum Gasteiger partial charge on any atom is 0.168 e. The Morgan fingerprint density at radius 2 is 0.861 bits per heavy atom.